The Bertz CT molecular complexity index is 1740. The summed E-state index contributed by atoms with van der Waals surface area (Å²) in [5, 5.41) is -1.55. The number of hydrogen-bond acceptors (Lipinski definition) is 9. The smallest absolute Gasteiger partial charge is 0.340 e. The van der Waals surface area contributed by atoms with Gasteiger partial charge >= 0.3 is 18.3 Å². The van der Waals surface area contributed by atoms with E-state index >= 15 is 4.39 Å². The van der Waals surface area contributed by atoms with E-state index in [0.717, 1.165) is 24.4 Å². The van der Waals surface area contributed by atoms with Crippen LogP contribution >= 0.6 is 0 Å². The van der Waals surface area contributed by atoms with E-state index in [4.69, 9.17) is 4.74 Å². The number of nitrogens with zero attached hydrogens (tertiary/aromatic N) is 4. The maximum Gasteiger partial charge on any atom is 0.340 e. The maximum absolute atomic E-state index is 15.6. The normalized spacial score (nSPS) is 25.0. The molecule has 4 rings (SSSR count). The lowest BCUT2D eigenvalue weighted by molar-refractivity contribution is -0.153. The van der Waals surface area contributed by atoms with E-state index < -0.39 is 105 Å². The zero-order chi connectivity index (χ0) is 36.1. The second kappa shape index (κ2) is 12.7. The number of alkyl halides is 6. The highest BCUT2D eigenvalue weighted by molar-refractivity contribution is 7.96. The number of aliphatic imine (C=N–C) groups is 1. The van der Waals surface area contributed by atoms with Crippen LogP contribution in [0.25, 0.3) is 0 Å². The molecule has 0 N–H and O–H groups in total. The predicted octanol–water partition coefficient (Wildman–Crippen LogP) is 6.38. The molecule has 9 nitrogen and oxygen atoms in total. The van der Waals surface area contributed by atoms with Gasteiger partial charge in [0.1, 0.15) is 40.6 Å². The molecular weight excluding hydrogens is 673 g/mol. The van der Waals surface area contributed by atoms with Crippen molar-refractivity contribution in [1.82, 2.24) is 9.97 Å². The van der Waals surface area contributed by atoms with Gasteiger partial charge in [-0.25, -0.2) is 35.5 Å². The summed E-state index contributed by atoms with van der Waals surface area (Å²) < 4.78 is 124. The van der Waals surface area contributed by atoms with Crippen LogP contribution in [0.5, 0.6) is 5.75 Å². The summed E-state index contributed by atoms with van der Waals surface area (Å²) in [6.45, 7) is 6.49. The van der Waals surface area contributed by atoms with E-state index in [1.54, 1.807) is 20.8 Å². The topological polar surface area (TPSA) is 120 Å². The Hall–Kier alpha value is -3.63. The van der Waals surface area contributed by atoms with Crippen LogP contribution in [0.4, 0.5) is 30.7 Å². The molecule has 0 amide bonds. The number of halogens is 7. The molecule has 0 aliphatic carbocycles. The Kier molecular flexibility index (Phi) is 9.82. The molecule has 0 fully saturated rings. The highest BCUT2D eigenvalue weighted by Crippen LogP contribution is 2.50. The first kappa shape index (κ1) is 37.2. The van der Waals surface area contributed by atoms with Gasteiger partial charge in [0.2, 0.25) is 0 Å². The first-order valence-corrected chi connectivity index (χ1v) is 16.3. The van der Waals surface area contributed by atoms with Gasteiger partial charge in [0.25, 0.3) is 5.92 Å². The van der Waals surface area contributed by atoms with Crippen LogP contribution in [-0.2, 0) is 31.2 Å². The fourth-order valence-electron chi connectivity index (χ4n) is 5.45. The monoisotopic (exact) mass is 708 g/mol. The minimum Gasteiger partial charge on any atom is -0.485 e. The van der Waals surface area contributed by atoms with Crippen LogP contribution in [0.2, 0.25) is 0 Å². The molecule has 0 radical (unpaired) electrons. The summed E-state index contributed by atoms with van der Waals surface area (Å²) in [6.07, 6.45) is -5.02. The van der Waals surface area contributed by atoms with E-state index in [-0.39, 0.29) is 22.8 Å². The average Bonchev–Trinajstić information content (AvgIpc) is 2.96. The SMILES string of the molecule is CC(C)(C)OC(=O)CC1=N[C@](C)(c2nc(CC(=O)c3ccc(OCC(F)(F)C(F)F)cn3)ccc2F)[C@H]2CC(F)(F)CN=[S@]2(=O)C1(C)C. The van der Waals surface area contributed by atoms with Crippen molar-refractivity contribution in [2.75, 3.05) is 13.2 Å². The summed E-state index contributed by atoms with van der Waals surface area (Å²) in [7, 11) is -3.67. The largest absolute Gasteiger partial charge is 0.485 e. The quantitative estimate of drug-likeness (QED) is 0.160. The number of esters is 1. The number of aromatic nitrogens is 2. The van der Waals surface area contributed by atoms with Crippen molar-refractivity contribution in [2.45, 2.75) is 100 Å². The number of Topliss-reactive ketones (excluding diaryl/α,β-unsaturated/α-hetero) is 1. The summed E-state index contributed by atoms with van der Waals surface area (Å²) in [6, 6.07) is 4.28. The van der Waals surface area contributed by atoms with Crippen molar-refractivity contribution < 1.29 is 54.0 Å². The number of hydrogen-bond donors (Lipinski definition) is 0. The lowest BCUT2D eigenvalue weighted by Gasteiger charge is -2.49. The molecule has 48 heavy (non-hydrogen) atoms. The van der Waals surface area contributed by atoms with Crippen LogP contribution in [0, 0.1) is 5.82 Å². The lowest BCUT2D eigenvalue weighted by atomic mass is 9.87. The molecule has 0 saturated heterocycles. The Morgan fingerprint density at radius 1 is 1.06 bits per heavy atom. The van der Waals surface area contributed by atoms with E-state index in [1.807, 2.05) is 0 Å². The Morgan fingerprint density at radius 3 is 2.31 bits per heavy atom. The Labute approximate surface area is 272 Å². The van der Waals surface area contributed by atoms with Crippen LogP contribution in [0.3, 0.4) is 0 Å². The molecule has 0 bridgehead atoms. The number of ether oxygens (including phenoxy) is 2. The molecule has 3 atom stereocenters. The predicted molar refractivity (Wildman–Crippen MR) is 161 cm³/mol. The van der Waals surface area contributed by atoms with Gasteiger partial charge in [-0.2, -0.15) is 8.78 Å². The highest BCUT2D eigenvalue weighted by Gasteiger charge is 2.61. The number of fused-ring (bicyclic) bond motifs is 1. The third-order valence-corrected chi connectivity index (χ3v) is 11.6. The van der Waals surface area contributed by atoms with Crippen LogP contribution in [0.15, 0.2) is 39.8 Å². The molecule has 2 aromatic heterocycles. The first-order chi connectivity index (χ1) is 21.9. The van der Waals surface area contributed by atoms with Gasteiger partial charge in [0.05, 0.1) is 38.8 Å². The van der Waals surface area contributed by atoms with Gasteiger partial charge in [0.15, 0.2) is 12.4 Å². The molecule has 17 heteroatoms. The lowest BCUT2D eigenvalue weighted by Crippen LogP contribution is -2.61. The fraction of sp³-hybridized carbons (Fsp3) is 0.581. The molecule has 0 spiro atoms. The minimum absolute atomic E-state index is 0.00466. The van der Waals surface area contributed by atoms with E-state index in [0.29, 0.717) is 0 Å². The van der Waals surface area contributed by atoms with Crippen molar-refractivity contribution >= 4 is 27.2 Å². The van der Waals surface area contributed by atoms with Gasteiger partial charge in [-0.15, -0.1) is 0 Å². The van der Waals surface area contributed by atoms with Crippen LogP contribution in [0.1, 0.15) is 76.3 Å². The standard InChI is InChI=1S/C31H35F7N4O5S/c1-27(2,3)47-24(44)12-22-28(4,5)48(45)23(13-30(35,36)15-40-48)29(6,42-22)25-19(32)9-7-17(41-25)11-21(43)20-10-8-18(14-39-20)46-16-31(37,38)26(33)34/h7-10,14,23,26H,11-13,15-16H2,1-6H3/t23-,29+,48-/m1/s1. The molecule has 4 heterocycles. The molecule has 0 aromatic carbocycles. The van der Waals surface area contributed by atoms with Gasteiger partial charge in [-0.05, 0) is 65.8 Å². The fourth-order valence-corrected chi connectivity index (χ4v) is 8.75. The average molecular weight is 709 g/mol. The van der Waals surface area contributed by atoms with Crippen molar-refractivity contribution in [3.63, 3.8) is 0 Å². The van der Waals surface area contributed by atoms with E-state index in [1.165, 1.54) is 26.8 Å². The molecule has 2 aliphatic rings. The van der Waals surface area contributed by atoms with Gasteiger partial charge in [-0.1, -0.05) is 0 Å². The third-order valence-electron chi connectivity index (χ3n) is 8.01. The zero-order valence-corrected chi connectivity index (χ0v) is 27.8. The summed E-state index contributed by atoms with van der Waals surface area (Å²) >= 11 is 0. The number of pyridine rings is 2. The van der Waals surface area contributed by atoms with Gasteiger partial charge in [-0.3, -0.25) is 19.6 Å². The number of carbonyl (C=O) groups is 2. The first-order valence-electron chi connectivity index (χ1n) is 14.7. The minimum atomic E-state index is -4.40. The molecule has 0 saturated carbocycles. The molecule has 264 valence electrons. The second-order valence-electron chi connectivity index (χ2n) is 13.3. The van der Waals surface area contributed by atoms with Gasteiger partial charge < -0.3 is 9.47 Å². The zero-order valence-electron chi connectivity index (χ0n) is 27.0. The molecular formula is C31H35F7N4O5S. The van der Waals surface area contributed by atoms with Crippen LogP contribution in [-0.4, -0.2) is 78.7 Å². The Morgan fingerprint density at radius 2 is 1.73 bits per heavy atom. The second-order valence-corrected chi connectivity index (χ2v) is 16.3. The van der Waals surface area contributed by atoms with Crippen molar-refractivity contribution in [3.8, 4) is 5.75 Å². The molecule has 2 aliphatic heterocycles. The van der Waals surface area contributed by atoms with Crippen molar-refractivity contribution in [3.05, 3.63) is 53.4 Å². The maximum atomic E-state index is 15.6. The molecule has 0 unspecified atom stereocenters. The van der Waals surface area contributed by atoms with Gasteiger partial charge in [0, 0.05) is 17.8 Å². The van der Waals surface area contributed by atoms with E-state index in [9.17, 15) is 40.1 Å². The number of ketones is 1. The number of carbonyl (C=O) groups excluding carboxylic acids is 2. The Balaban J connectivity index is 1.70. The van der Waals surface area contributed by atoms with Crippen molar-refractivity contribution in [1.29, 1.82) is 0 Å². The van der Waals surface area contributed by atoms with Crippen LogP contribution < -0.4 is 4.74 Å². The third kappa shape index (κ3) is 7.49. The summed E-state index contributed by atoms with van der Waals surface area (Å²) in [4.78, 5) is 38.6. The highest BCUT2D eigenvalue weighted by atomic mass is 32.2. The van der Waals surface area contributed by atoms with Crippen molar-refractivity contribution in [2.24, 2.45) is 9.36 Å². The molecule has 2 aromatic rings. The summed E-state index contributed by atoms with van der Waals surface area (Å²) in [5.41, 5.74) is -3.66. The van der Waals surface area contributed by atoms with E-state index in [2.05, 4.69) is 24.1 Å². The summed E-state index contributed by atoms with van der Waals surface area (Å²) in [5.74, 6) is -10.5. The number of rotatable bonds is 10.